The van der Waals surface area contributed by atoms with E-state index in [1.165, 1.54) is 12.4 Å². The normalized spacial score (nSPS) is 13.1. The fraction of sp³-hybridized carbons (Fsp3) is 0.268. The SMILES string of the molecule is CCCCc1cc(NC(=O)Nc2ccc(OCc3ccnc(Nc4cnc(C(=O)N5CCC(O)CC5)cn4)c3)c3ccccc23)n(-c2ccc(C)cc2)n1. The van der Waals surface area contributed by atoms with Gasteiger partial charge in [0.25, 0.3) is 5.91 Å². The quantitative estimate of drug-likeness (QED) is 0.101. The third-order valence-electron chi connectivity index (χ3n) is 9.30. The summed E-state index contributed by atoms with van der Waals surface area (Å²) in [6, 6.07) is 24.8. The lowest BCUT2D eigenvalue weighted by Gasteiger charge is -2.29. The highest BCUT2D eigenvalue weighted by molar-refractivity contribution is 6.07. The molecule has 0 bridgehead atoms. The molecule has 13 heteroatoms. The van der Waals surface area contributed by atoms with Crippen LogP contribution in [0.25, 0.3) is 16.5 Å². The summed E-state index contributed by atoms with van der Waals surface area (Å²) in [5, 5.41) is 25.4. The van der Waals surface area contributed by atoms with Crippen molar-refractivity contribution >= 4 is 45.9 Å². The molecule has 0 spiro atoms. The summed E-state index contributed by atoms with van der Waals surface area (Å²) in [6.07, 6.45) is 8.28. The number of nitrogens with zero attached hydrogens (tertiary/aromatic N) is 6. The zero-order valence-electron chi connectivity index (χ0n) is 30.3. The first-order valence-corrected chi connectivity index (χ1v) is 18.2. The minimum absolute atomic E-state index is 0.198. The van der Waals surface area contributed by atoms with Crippen LogP contribution in [-0.2, 0) is 13.0 Å². The number of aliphatic hydroxyl groups is 1. The molecule has 3 aromatic heterocycles. The Bertz CT molecular complexity index is 2230. The lowest BCUT2D eigenvalue weighted by atomic mass is 10.1. The number of aliphatic hydroxyl groups excluding tert-OH is 1. The van der Waals surface area contributed by atoms with Crippen molar-refractivity contribution in [3.05, 3.63) is 120 Å². The molecule has 276 valence electrons. The first kappa shape index (κ1) is 36.0. The summed E-state index contributed by atoms with van der Waals surface area (Å²) < 4.78 is 8.07. The molecule has 3 aromatic carbocycles. The van der Waals surface area contributed by atoms with Crippen LogP contribution in [0.3, 0.4) is 0 Å². The first-order valence-electron chi connectivity index (χ1n) is 18.2. The van der Waals surface area contributed by atoms with E-state index in [9.17, 15) is 14.7 Å². The van der Waals surface area contributed by atoms with Gasteiger partial charge in [-0.15, -0.1) is 0 Å². The van der Waals surface area contributed by atoms with E-state index in [0.29, 0.717) is 54.8 Å². The maximum atomic E-state index is 13.4. The Labute approximate surface area is 313 Å². The van der Waals surface area contributed by atoms with Gasteiger partial charge in [-0.1, -0.05) is 55.3 Å². The second kappa shape index (κ2) is 16.6. The number of aryl methyl sites for hydroxylation is 2. The van der Waals surface area contributed by atoms with Crippen molar-refractivity contribution in [1.29, 1.82) is 0 Å². The van der Waals surface area contributed by atoms with Gasteiger partial charge >= 0.3 is 6.03 Å². The van der Waals surface area contributed by atoms with E-state index in [1.807, 2.05) is 85.8 Å². The predicted octanol–water partition coefficient (Wildman–Crippen LogP) is 7.43. The average Bonchev–Trinajstić information content (AvgIpc) is 3.59. The number of pyridine rings is 1. The van der Waals surface area contributed by atoms with E-state index >= 15 is 0 Å². The number of fused-ring (bicyclic) bond motifs is 1. The maximum absolute atomic E-state index is 13.4. The van der Waals surface area contributed by atoms with Crippen LogP contribution in [0.1, 0.15) is 59.9 Å². The van der Waals surface area contributed by atoms with E-state index < -0.39 is 0 Å². The molecule has 7 rings (SSSR count). The lowest BCUT2D eigenvalue weighted by Crippen LogP contribution is -2.40. The number of hydrogen-bond acceptors (Lipinski definition) is 9. The van der Waals surface area contributed by atoms with Gasteiger partial charge in [-0.25, -0.2) is 24.4 Å². The topological polar surface area (TPSA) is 159 Å². The maximum Gasteiger partial charge on any atom is 0.324 e. The molecule has 0 saturated carbocycles. The summed E-state index contributed by atoms with van der Waals surface area (Å²) in [5.74, 6) is 2.05. The highest BCUT2D eigenvalue weighted by Crippen LogP contribution is 2.32. The molecular weight excluding hydrogens is 683 g/mol. The molecule has 0 aliphatic carbocycles. The number of anilines is 4. The van der Waals surface area contributed by atoms with Gasteiger partial charge in [0.1, 0.15) is 35.5 Å². The largest absolute Gasteiger partial charge is 0.488 e. The van der Waals surface area contributed by atoms with Crippen LogP contribution in [-0.4, -0.2) is 65.9 Å². The molecule has 13 nitrogen and oxygen atoms in total. The van der Waals surface area contributed by atoms with Gasteiger partial charge in [0.05, 0.1) is 35.6 Å². The highest BCUT2D eigenvalue weighted by Gasteiger charge is 2.23. The lowest BCUT2D eigenvalue weighted by molar-refractivity contribution is 0.0541. The van der Waals surface area contributed by atoms with Gasteiger partial charge in [-0.3, -0.25) is 10.1 Å². The summed E-state index contributed by atoms with van der Waals surface area (Å²) >= 11 is 0. The molecule has 0 unspecified atom stereocenters. The smallest absolute Gasteiger partial charge is 0.324 e. The fourth-order valence-electron chi connectivity index (χ4n) is 6.32. The van der Waals surface area contributed by atoms with Crippen molar-refractivity contribution in [3.8, 4) is 11.4 Å². The molecule has 1 fully saturated rings. The molecule has 1 saturated heterocycles. The molecule has 1 aliphatic heterocycles. The van der Waals surface area contributed by atoms with Gasteiger partial charge in [0, 0.05) is 36.1 Å². The molecular formula is C41H43N9O4. The second-order valence-electron chi connectivity index (χ2n) is 13.4. The standard InChI is InChI=1S/C41H43N9O4/c1-3-4-7-29-23-39(50(48-29)30-12-10-27(2)11-13-30)47-41(53)45-34-14-15-36(33-9-6-5-8-32(33)34)54-26-28-16-19-42-37(22-28)46-38-25-43-35(24-44-38)40(52)49-20-17-31(51)18-21-49/h5-6,8-16,19,22-25,31,51H,3-4,7,17-18,20-21,26H2,1-2H3,(H,42,44,46)(H2,45,47,53). The van der Waals surface area contributed by atoms with Crippen molar-refractivity contribution < 1.29 is 19.4 Å². The first-order chi connectivity index (χ1) is 26.3. The Morgan fingerprint density at radius 1 is 0.889 bits per heavy atom. The van der Waals surface area contributed by atoms with Crippen LogP contribution in [0.2, 0.25) is 0 Å². The van der Waals surface area contributed by atoms with Crippen LogP contribution < -0.4 is 20.7 Å². The van der Waals surface area contributed by atoms with Crippen LogP contribution in [0.5, 0.6) is 5.75 Å². The third-order valence-corrected chi connectivity index (χ3v) is 9.30. The number of rotatable bonds is 12. The molecule has 0 radical (unpaired) electrons. The summed E-state index contributed by atoms with van der Waals surface area (Å²) in [4.78, 5) is 41.0. The van der Waals surface area contributed by atoms with Gasteiger partial charge in [0.2, 0.25) is 0 Å². The average molecular weight is 726 g/mol. The van der Waals surface area contributed by atoms with Gasteiger partial charge in [-0.05, 0) is 74.6 Å². The van der Waals surface area contributed by atoms with Gasteiger partial charge in [-0.2, -0.15) is 5.10 Å². The number of unbranched alkanes of at least 4 members (excludes halogenated alkanes) is 1. The van der Waals surface area contributed by atoms with Crippen molar-refractivity contribution in [2.75, 3.05) is 29.0 Å². The third kappa shape index (κ3) is 8.64. The number of hydrogen-bond donors (Lipinski definition) is 4. The molecule has 4 heterocycles. The van der Waals surface area contributed by atoms with E-state index in [4.69, 9.17) is 9.84 Å². The van der Waals surface area contributed by atoms with Crippen molar-refractivity contribution in [1.82, 2.24) is 29.6 Å². The van der Waals surface area contributed by atoms with Crippen molar-refractivity contribution in [2.45, 2.75) is 58.7 Å². The second-order valence-corrected chi connectivity index (χ2v) is 13.4. The van der Waals surface area contributed by atoms with Crippen LogP contribution in [0, 0.1) is 6.92 Å². The Balaban J connectivity index is 1.00. The zero-order valence-corrected chi connectivity index (χ0v) is 30.3. The zero-order chi connectivity index (χ0) is 37.4. The van der Waals surface area contributed by atoms with Crippen molar-refractivity contribution in [2.24, 2.45) is 0 Å². The Hall–Kier alpha value is -6.34. The highest BCUT2D eigenvalue weighted by atomic mass is 16.5. The van der Waals surface area contributed by atoms with Crippen LogP contribution in [0.4, 0.5) is 27.9 Å². The molecule has 3 amide bonds. The van der Waals surface area contributed by atoms with E-state index in [0.717, 1.165) is 52.5 Å². The monoisotopic (exact) mass is 725 g/mol. The fourth-order valence-corrected chi connectivity index (χ4v) is 6.32. The predicted molar refractivity (Wildman–Crippen MR) is 209 cm³/mol. The van der Waals surface area contributed by atoms with E-state index in [2.05, 4.69) is 37.8 Å². The van der Waals surface area contributed by atoms with Gasteiger partial charge < -0.3 is 25.4 Å². The number of urea groups is 1. The summed E-state index contributed by atoms with van der Waals surface area (Å²) in [6.45, 7) is 5.44. The van der Waals surface area contributed by atoms with E-state index in [1.54, 1.807) is 15.8 Å². The molecule has 0 atom stereocenters. The number of likely N-dealkylation sites (tertiary alicyclic amines) is 1. The number of amides is 3. The number of nitrogens with one attached hydrogen (secondary N) is 3. The number of ether oxygens (including phenoxy) is 1. The number of carbonyl (C=O) groups is 2. The Morgan fingerprint density at radius 3 is 2.44 bits per heavy atom. The molecule has 1 aliphatic rings. The molecule has 4 N–H and O–H groups in total. The summed E-state index contributed by atoms with van der Waals surface area (Å²) in [5.41, 5.74) is 4.70. The Morgan fingerprint density at radius 2 is 1.69 bits per heavy atom. The van der Waals surface area contributed by atoms with Crippen molar-refractivity contribution in [3.63, 3.8) is 0 Å². The van der Waals surface area contributed by atoms with Gasteiger partial charge in [0.15, 0.2) is 0 Å². The number of piperidine rings is 1. The van der Waals surface area contributed by atoms with Crippen LogP contribution in [0.15, 0.2) is 97.5 Å². The number of aromatic nitrogens is 5. The minimum atomic E-state index is -0.380. The minimum Gasteiger partial charge on any atom is -0.488 e. The number of benzene rings is 3. The molecule has 6 aromatic rings. The summed E-state index contributed by atoms with van der Waals surface area (Å²) in [7, 11) is 0. The molecule has 54 heavy (non-hydrogen) atoms. The van der Waals surface area contributed by atoms with Crippen LogP contribution >= 0.6 is 0 Å². The Kier molecular flexibility index (Phi) is 11.0. The van der Waals surface area contributed by atoms with E-state index in [-0.39, 0.29) is 30.3 Å². The number of carbonyl (C=O) groups excluding carboxylic acids is 2.